The van der Waals surface area contributed by atoms with E-state index in [9.17, 15) is 14.4 Å². The lowest BCUT2D eigenvalue weighted by Gasteiger charge is -2.34. The van der Waals surface area contributed by atoms with E-state index in [1.165, 1.54) is 0 Å². The molecule has 5 rings (SSSR count). The number of ketones is 1. The van der Waals surface area contributed by atoms with Gasteiger partial charge in [0.1, 0.15) is 11.4 Å². The molecule has 0 aliphatic carbocycles. The van der Waals surface area contributed by atoms with Crippen LogP contribution in [0.4, 0.5) is 5.82 Å². The van der Waals surface area contributed by atoms with Gasteiger partial charge in [-0.3, -0.25) is 19.7 Å². The number of aryl methyl sites for hydroxylation is 1. The highest BCUT2D eigenvalue weighted by atomic mass is 16.6. The Morgan fingerprint density at radius 3 is 2.29 bits per heavy atom. The van der Waals surface area contributed by atoms with E-state index in [1.807, 2.05) is 106 Å². The lowest BCUT2D eigenvalue weighted by Crippen LogP contribution is -2.54. The lowest BCUT2D eigenvalue weighted by molar-refractivity contribution is -0.154. The summed E-state index contributed by atoms with van der Waals surface area (Å²) < 4.78 is 5.56. The molecule has 0 saturated carbocycles. The van der Waals surface area contributed by atoms with Crippen molar-refractivity contribution >= 4 is 34.3 Å². The third-order valence-corrected chi connectivity index (χ3v) is 8.23. The molecule has 1 aliphatic heterocycles. The average Bonchev–Trinajstić information content (AvgIpc) is 3.52. The number of fused-ring (bicyclic) bond motifs is 1. The Kier molecular flexibility index (Phi) is 9.93. The van der Waals surface area contributed by atoms with Gasteiger partial charge >= 0.3 is 5.97 Å². The molecule has 3 aromatic carbocycles. The van der Waals surface area contributed by atoms with Crippen LogP contribution in [0.25, 0.3) is 10.8 Å². The highest BCUT2D eigenvalue weighted by molar-refractivity contribution is 5.93. The van der Waals surface area contributed by atoms with Gasteiger partial charge in [0.15, 0.2) is 5.78 Å². The number of nitrogens with one attached hydrogen (secondary N) is 1. The minimum absolute atomic E-state index is 0.0389. The summed E-state index contributed by atoms with van der Waals surface area (Å²) in [6.07, 6.45) is 3.92. The number of anilines is 1. The smallest absolute Gasteiger partial charge is 0.320 e. The molecule has 0 radical (unpaired) electrons. The molecule has 0 unspecified atom stereocenters. The van der Waals surface area contributed by atoms with Crippen LogP contribution >= 0.6 is 0 Å². The third kappa shape index (κ3) is 7.94. The van der Waals surface area contributed by atoms with Crippen LogP contribution in [0.1, 0.15) is 62.6 Å². The molecule has 2 atom stereocenters. The van der Waals surface area contributed by atoms with Crippen LogP contribution < -0.4 is 11.1 Å². The number of amides is 1. The molecule has 1 saturated heterocycles. The molecule has 3 N–H and O–H groups in total. The molecule has 0 spiro atoms. The van der Waals surface area contributed by atoms with Gasteiger partial charge in [-0.15, -0.1) is 0 Å². The van der Waals surface area contributed by atoms with Crippen molar-refractivity contribution in [2.45, 2.75) is 70.1 Å². The Hall–Kier alpha value is -4.56. The summed E-state index contributed by atoms with van der Waals surface area (Å²) in [6, 6.07) is 26.2. The van der Waals surface area contributed by atoms with Gasteiger partial charge in [-0.1, -0.05) is 78.9 Å². The number of Topliss-reactive ketones (excluding diaryl/α,β-unsaturated/α-hetero) is 1. The zero-order valence-corrected chi connectivity index (χ0v) is 26.2. The number of ether oxygens (including phenoxy) is 1. The van der Waals surface area contributed by atoms with E-state index >= 15 is 0 Å². The second-order valence-electron chi connectivity index (χ2n) is 12.7. The molecule has 0 bridgehead atoms. The van der Waals surface area contributed by atoms with E-state index < -0.39 is 29.6 Å². The van der Waals surface area contributed by atoms with E-state index in [2.05, 4.69) is 10.3 Å². The van der Waals surface area contributed by atoms with Crippen molar-refractivity contribution in [1.29, 1.82) is 0 Å². The fourth-order valence-corrected chi connectivity index (χ4v) is 6.20. The molecule has 1 fully saturated rings. The Morgan fingerprint density at radius 1 is 0.978 bits per heavy atom. The van der Waals surface area contributed by atoms with Crippen molar-refractivity contribution in [2.24, 2.45) is 0 Å². The summed E-state index contributed by atoms with van der Waals surface area (Å²) in [4.78, 5) is 46.9. The van der Waals surface area contributed by atoms with Crippen LogP contribution in [0.2, 0.25) is 0 Å². The predicted octanol–water partition coefficient (Wildman–Crippen LogP) is 5.44. The molecule has 8 heteroatoms. The number of rotatable bonds is 11. The number of likely N-dealkylation sites (tertiary alicyclic amines) is 1. The van der Waals surface area contributed by atoms with Crippen molar-refractivity contribution < 1.29 is 19.1 Å². The zero-order chi connectivity index (χ0) is 32.0. The summed E-state index contributed by atoms with van der Waals surface area (Å²) in [5.41, 5.74) is 8.26. The maximum atomic E-state index is 14.5. The first kappa shape index (κ1) is 31.9. The van der Waals surface area contributed by atoms with Crippen LogP contribution in [0.5, 0.6) is 0 Å². The summed E-state index contributed by atoms with van der Waals surface area (Å²) in [5.74, 6) is -0.507. The number of hydrogen-bond donors (Lipinski definition) is 2. The highest BCUT2D eigenvalue weighted by Crippen LogP contribution is 2.32. The van der Waals surface area contributed by atoms with Gasteiger partial charge in [0, 0.05) is 30.5 Å². The van der Waals surface area contributed by atoms with Gasteiger partial charge in [0.05, 0.1) is 18.6 Å². The minimum Gasteiger partial charge on any atom is -0.459 e. The Morgan fingerprint density at radius 2 is 1.64 bits per heavy atom. The fraction of sp³-hybridized carbons (Fsp3) is 0.351. The molecule has 8 nitrogen and oxygen atoms in total. The van der Waals surface area contributed by atoms with Crippen molar-refractivity contribution in [2.75, 3.05) is 18.8 Å². The number of carbonyl (C=O) groups excluding carboxylic acids is 3. The monoisotopic (exact) mass is 606 g/mol. The number of hydrogen-bond acceptors (Lipinski definition) is 7. The van der Waals surface area contributed by atoms with Crippen LogP contribution in [0, 0.1) is 0 Å². The number of aromatic nitrogens is 1. The molecular weight excluding hydrogens is 564 g/mol. The van der Waals surface area contributed by atoms with Crippen molar-refractivity contribution in [1.82, 2.24) is 15.2 Å². The van der Waals surface area contributed by atoms with Crippen molar-refractivity contribution in [3.8, 4) is 0 Å². The maximum absolute atomic E-state index is 14.5. The Bertz CT molecular complexity index is 1600. The molecule has 4 aromatic rings. The van der Waals surface area contributed by atoms with Gasteiger partial charge < -0.3 is 15.4 Å². The number of nitrogens with zero attached hydrogens (tertiary/aromatic N) is 2. The highest BCUT2D eigenvalue weighted by Gasteiger charge is 2.40. The summed E-state index contributed by atoms with van der Waals surface area (Å²) in [6.45, 7) is 5.79. The predicted molar refractivity (Wildman–Crippen MR) is 177 cm³/mol. The van der Waals surface area contributed by atoms with Gasteiger partial charge in [-0.05, 0) is 68.2 Å². The standard InChI is InChI=1S/C37H42N4O4/c1-37(2,3)45-32(43)24-40-34(33(26-11-6-4-7-12-26)27-13-8-5-9-14-27)36(44)41-22-10-15-30(41)31(42)19-17-25-16-18-29-28(23-25)20-21-39-35(29)38/h4-9,11-14,16,18,20-21,23,30,33-34,40H,10,15,17,19,22,24H2,1-3H3,(H2,38,39)/t30-,34+/m0/s1. The van der Waals surface area contributed by atoms with Crippen LogP contribution in [0.3, 0.4) is 0 Å². The van der Waals surface area contributed by atoms with Crippen LogP contribution in [-0.2, 0) is 25.5 Å². The molecule has 2 heterocycles. The number of nitrogens with two attached hydrogens (primary N) is 1. The maximum Gasteiger partial charge on any atom is 0.320 e. The SMILES string of the molecule is CC(C)(C)OC(=O)CN[C@@H](C(=O)N1CCC[C@H]1C(=O)CCc1ccc2c(N)nccc2c1)C(c1ccccc1)c1ccccc1. The third-order valence-electron chi connectivity index (χ3n) is 8.23. The molecule has 234 valence electrons. The van der Waals surface area contributed by atoms with E-state index in [-0.39, 0.29) is 18.2 Å². The fourth-order valence-electron chi connectivity index (χ4n) is 6.20. The van der Waals surface area contributed by atoms with Crippen LogP contribution in [-0.4, -0.2) is 58.3 Å². The number of esters is 1. The first-order chi connectivity index (χ1) is 21.6. The quantitative estimate of drug-likeness (QED) is 0.219. The summed E-state index contributed by atoms with van der Waals surface area (Å²) >= 11 is 0. The van der Waals surface area contributed by atoms with E-state index in [0.717, 1.165) is 33.9 Å². The number of nitrogen functional groups attached to an aromatic ring is 1. The van der Waals surface area contributed by atoms with Gasteiger partial charge in [-0.2, -0.15) is 0 Å². The minimum atomic E-state index is -0.796. The number of pyridine rings is 1. The van der Waals surface area contributed by atoms with Crippen molar-refractivity contribution in [3.05, 3.63) is 108 Å². The summed E-state index contributed by atoms with van der Waals surface area (Å²) in [5, 5.41) is 5.13. The number of benzene rings is 3. The largest absolute Gasteiger partial charge is 0.459 e. The van der Waals surface area contributed by atoms with Crippen molar-refractivity contribution in [3.63, 3.8) is 0 Å². The normalized spacial score (nSPS) is 15.7. The number of carbonyl (C=O) groups is 3. The average molecular weight is 607 g/mol. The first-order valence-electron chi connectivity index (χ1n) is 15.6. The van der Waals surface area contributed by atoms with Gasteiger partial charge in [-0.25, -0.2) is 4.98 Å². The second-order valence-corrected chi connectivity index (χ2v) is 12.7. The topological polar surface area (TPSA) is 115 Å². The van der Waals surface area contributed by atoms with E-state index in [0.29, 0.717) is 31.6 Å². The van der Waals surface area contributed by atoms with E-state index in [1.54, 1.807) is 11.1 Å². The molecule has 1 amide bonds. The molecule has 1 aromatic heterocycles. The van der Waals surface area contributed by atoms with E-state index in [4.69, 9.17) is 10.5 Å². The first-order valence-corrected chi connectivity index (χ1v) is 15.6. The van der Waals surface area contributed by atoms with Gasteiger partial charge in [0.2, 0.25) is 5.91 Å². The Balaban J connectivity index is 1.39. The summed E-state index contributed by atoms with van der Waals surface area (Å²) in [7, 11) is 0. The second kappa shape index (κ2) is 14.0. The molecule has 45 heavy (non-hydrogen) atoms. The van der Waals surface area contributed by atoms with Crippen LogP contribution in [0.15, 0.2) is 91.1 Å². The van der Waals surface area contributed by atoms with Gasteiger partial charge in [0.25, 0.3) is 0 Å². The molecular formula is C37H42N4O4. The lowest BCUT2D eigenvalue weighted by atomic mass is 9.84. The Labute approximate surface area is 265 Å². The molecule has 1 aliphatic rings. The zero-order valence-electron chi connectivity index (χ0n) is 26.2.